The van der Waals surface area contributed by atoms with Gasteiger partial charge in [0.1, 0.15) is 0 Å². The van der Waals surface area contributed by atoms with E-state index < -0.39 is 0 Å². The lowest BCUT2D eigenvalue weighted by Gasteiger charge is -2.19. The minimum absolute atomic E-state index is 0.624. The first-order valence-electron chi connectivity index (χ1n) is 8.73. The third-order valence-corrected chi connectivity index (χ3v) is 4.60. The standard InChI is InChI=1S/C19H32N2/c1-4-12-21-13-5-6-19(11-14-21)20-15-17-7-9-18(10-8-17)16(2)3/h7-10,16,19-20H,4-6,11-15H2,1-3H3. The zero-order valence-corrected chi connectivity index (χ0v) is 14.1. The average Bonchev–Trinajstić information content (AvgIpc) is 2.71. The van der Waals surface area contributed by atoms with E-state index in [1.807, 2.05) is 0 Å². The predicted molar refractivity (Wildman–Crippen MR) is 91.7 cm³/mol. The van der Waals surface area contributed by atoms with Crippen molar-refractivity contribution in [2.75, 3.05) is 19.6 Å². The zero-order chi connectivity index (χ0) is 15.1. The number of hydrogen-bond donors (Lipinski definition) is 1. The fourth-order valence-electron chi connectivity index (χ4n) is 3.18. The van der Waals surface area contributed by atoms with Crippen LogP contribution in [0.2, 0.25) is 0 Å². The molecule has 0 bridgehead atoms. The second-order valence-electron chi connectivity index (χ2n) is 6.75. The van der Waals surface area contributed by atoms with Gasteiger partial charge in [0.05, 0.1) is 0 Å². The van der Waals surface area contributed by atoms with Crippen molar-refractivity contribution in [2.45, 2.75) is 65.0 Å². The summed E-state index contributed by atoms with van der Waals surface area (Å²) < 4.78 is 0. The summed E-state index contributed by atoms with van der Waals surface area (Å²) in [5.41, 5.74) is 2.84. The van der Waals surface area contributed by atoms with Crippen molar-refractivity contribution >= 4 is 0 Å². The van der Waals surface area contributed by atoms with Crippen LogP contribution < -0.4 is 5.32 Å². The Morgan fingerprint density at radius 2 is 1.90 bits per heavy atom. The molecule has 1 N–H and O–H groups in total. The van der Waals surface area contributed by atoms with E-state index >= 15 is 0 Å². The molecule has 1 aromatic rings. The molecule has 0 spiro atoms. The first kappa shape index (κ1) is 16.5. The molecule has 1 fully saturated rings. The Balaban J connectivity index is 1.77. The van der Waals surface area contributed by atoms with Gasteiger partial charge >= 0.3 is 0 Å². The molecule has 21 heavy (non-hydrogen) atoms. The fourth-order valence-corrected chi connectivity index (χ4v) is 3.18. The van der Waals surface area contributed by atoms with E-state index in [2.05, 4.69) is 55.3 Å². The summed E-state index contributed by atoms with van der Waals surface area (Å²) in [7, 11) is 0. The second-order valence-corrected chi connectivity index (χ2v) is 6.75. The first-order valence-corrected chi connectivity index (χ1v) is 8.73. The second kappa shape index (κ2) is 8.55. The lowest BCUT2D eigenvalue weighted by atomic mass is 10.0. The maximum atomic E-state index is 3.76. The van der Waals surface area contributed by atoms with Crippen molar-refractivity contribution in [1.82, 2.24) is 10.2 Å². The Bertz CT molecular complexity index is 397. The lowest BCUT2D eigenvalue weighted by molar-refractivity contribution is 0.282. The fraction of sp³-hybridized carbons (Fsp3) is 0.684. The van der Waals surface area contributed by atoms with Crippen molar-refractivity contribution in [2.24, 2.45) is 0 Å². The molecule has 0 aliphatic carbocycles. The van der Waals surface area contributed by atoms with Crippen molar-refractivity contribution in [3.05, 3.63) is 35.4 Å². The van der Waals surface area contributed by atoms with Crippen molar-refractivity contribution < 1.29 is 0 Å². The minimum Gasteiger partial charge on any atom is -0.310 e. The number of nitrogens with one attached hydrogen (secondary N) is 1. The molecular weight excluding hydrogens is 256 g/mol. The molecule has 1 heterocycles. The Labute approximate surface area is 130 Å². The number of nitrogens with zero attached hydrogens (tertiary/aromatic N) is 1. The van der Waals surface area contributed by atoms with Crippen LogP contribution in [0, 0.1) is 0 Å². The molecule has 1 unspecified atom stereocenters. The van der Waals surface area contributed by atoms with Gasteiger partial charge in [0.2, 0.25) is 0 Å². The summed E-state index contributed by atoms with van der Waals surface area (Å²) in [4.78, 5) is 2.62. The third kappa shape index (κ3) is 5.44. The molecule has 0 saturated carbocycles. The van der Waals surface area contributed by atoms with E-state index in [1.54, 1.807) is 0 Å². The molecule has 2 nitrogen and oxygen atoms in total. The molecule has 0 radical (unpaired) electrons. The molecule has 2 heteroatoms. The number of likely N-dealkylation sites (tertiary alicyclic amines) is 1. The van der Waals surface area contributed by atoms with Crippen molar-refractivity contribution in [3.63, 3.8) is 0 Å². The molecule has 2 rings (SSSR count). The van der Waals surface area contributed by atoms with Gasteiger partial charge in [-0.25, -0.2) is 0 Å². The van der Waals surface area contributed by atoms with Gasteiger partial charge in [-0.1, -0.05) is 45.0 Å². The van der Waals surface area contributed by atoms with Gasteiger partial charge in [-0.15, -0.1) is 0 Å². The SMILES string of the molecule is CCCN1CCCC(NCc2ccc(C(C)C)cc2)CC1. The molecule has 1 saturated heterocycles. The van der Waals surface area contributed by atoms with Gasteiger partial charge in [0.15, 0.2) is 0 Å². The summed E-state index contributed by atoms with van der Waals surface area (Å²) in [6.07, 6.45) is 5.23. The quantitative estimate of drug-likeness (QED) is 0.845. The lowest BCUT2D eigenvalue weighted by Crippen LogP contribution is -2.30. The topological polar surface area (TPSA) is 15.3 Å². The molecule has 118 valence electrons. The largest absolute Gasteiger partial charge is 0.310 e. The van der Waals surface area contributed by atoms with E-state index in [9.17, 15) is 0 Å². The van der Waals surface area contributed by atoms with Gasteiger partial charge < -0.3 is 10.2 Å². The van der Waals surface area contributed by atoms with Crippen LogP contribution in [0.4, 0.5) is 0 Å². The van der Waals surface area contributed by atoms with Crippen molar-refractivity contribution in [1.29, 1.82) is 0 Å². The van der Waals surface area contributed by atoms with Crippen LogP contribution >= 0.6 is 0 Å². The van der Waals surface area contributed by atoms with Crippen LogP contribution in [0.3, 0.4) is 0 Å². The van der Waals surface area contributed by atoms with Gasteiger partial charge in [-0.3, -0.25) is 0 Å². The van der Waals surface area contributed by atoms with Crippen LogP contribution in [-0.4, -0.2) is 30.6 Å². The van der Waals surface area contributed by atoms with E-state index in [0.29, 0.717) is 12.0 Å². The van der Waals surface area contributed by atoms with Crippen LogP contribution in [0.1, 0.15) is 63.5 Å². The van der Waals surface area contributed by atoms with Crippen LogP contribution in [0.25, 0.3) is 0 Å². The van der Waals surface area contributed by atoms with Gasteiger partial charge in [-0.05, 0) is 62.4 Å². The molecule has 0 amide bonds. The molecule has 1 aromatic carbocycles. The van der Waals surface area contributed by atoms with Crippen LogP contribution in [0.15, 0.2) is 24.3 Å². The predicted octanol–water partition coefficient (Wildman–Crippen LogP) is 4.16. The monoisotopic (exact) mass is 288 g/mol. The van der Waals surface area contributed by atoms with Crippen LogP contribution in [-0.2, 0) is 6.54 Å². The van der Waals surface area contributed by atoms with Gasteiger partial charge in [0, 0.05) is 12.6 Å². The van der Waals surface area contributed by atoms with E-state index in [-0.39, 0.29) is 0 Å². The summed E-state index contributed by atoms with van der Waals surface area (Å²) in [5.74, 6) is 0.624. The number of benzene rings is 1. The summed E-state index contributed by atoms with van der Waals surface area (Å²) in [5, 5.41) is 3.76. The Morgan fingerprint density at radius 1 is 1.14 bits per heavy atom. The Morgan fingerprint density at radius 3 is 2.57 bits per heavy atom. The average molecular weight is 288 g/mol. The van der Waals surface area contributed by atoms with E-state index in [1.165, 1.54) is 56.4 Å². The van der Waals surface area contributed by atoms with E-state index in [4.69, 9.17) is 0 Å². The zero-order valence-electron chi connectivity index (χ0n) is 14.1. The normalized spacial score (nSPS) is 20.7. The van der Waals surface area contributed by atoms with Gasteiger partial charge in [0.25, 0.3) is 0 Å². The number of hydrogen-bond acceptors (Lipinski definition) is 2. The maximum absolute atomic E-state index is 3.76. The first-order chi connectivity index (χ1) is 10.2. The molecule has 1 aliphatic rings. The van der Waals surface area contributed by atoms with Crippen molar-refractivity contribution in [3.8, 4) is 0 Å². The Hall–Kier alpha value is -0.860. The molecular formula is C19H32N2. The smallest absolute Gasteiger partial charge is 0.0208 e. The molecule has 1 aliphatic heterocycles. The Kier molecular flexibility index (Phi) is 6.72. The summed E-state index contributed by atoms with van der Waals surface area (Å²) >= 11 is 0. The van der Waals surface area contributed by atoms with Crippen LogP contribution in [0.5, 0.6) is 0 Å². The minimum atomic E-state index is 0.624. The van der Waals surface area contributed by atoms with Gasteiger partial charge in [-0.2, -0.15) is 0 Å². The molecule has 1 atom stereocenters. The van der Waals surface area contributed by atoms with E-state index in [0.717, 1.165) is 6.54 Å². The summed E-state index contributed by atoms with van der Waals surface area (Å²) in [6.45, 7) is 11.6. The highest BCUT2D eigenvalue weighted by molar-refractivity contribution is 5.24. The summed E-state index contributed by atoms with van der Waals surface area (Å²) in [6, 6.07) is 9.80. The number of rotatable bonds is 6. The highest BCUT2D eigenvalue weighted by Crippen LogP contribution is 2.16. The highest BCUT2D eigenvalue weighted by atomic mass is 15.1. The molecule has 0 aromatic heterocycles. The third-order valence-electron chi connectivity index (χ3n) is 4.60. The highest BCUT2D eigenvalue weighted by Gasteiger charge is 2.15. The maximum Gasteiger partial charge on any atom is 0.0208 e.